The highest BCUT2D eigenvalue weighted by Crippen LogP contribution is 2.32. The van der Waals surface area contributed by atoms with E-state index in [1.165, 1.54) is 0 Å². The summed E-state index contributed by atoms with van der Waals surface area (Å²) in [7, 11) is 0. The lowest BCUT2D eigenvalue weighted by molar-refractivity contribution is 0.102. The summed E-state index contributed by atoms with van der Waals surface area (Å²) < 4.78 is 0. The van der Waals surface area contributed by atoms with Crippen LogP contribution in [-0.4, -0.2) is 11.8 Å². The van der Waals surface area contributed by atoms with E-state index in [-0.39, 0.29) is 11.8 Å². The fourth-order valence-corrected chi connectivity index (χ4v) is 4.64. The van der Waals surface area contributed by atoms with Crippen molar-refractivity contribution < 1.29 is 9.59 Å². The Morgan fingerprint density at radius 3 is 1.70 bits per heavy atom. The monoisotopic (exact) mass is 520 g/mol. The van der Waals surface area contributed by atoms with Crippen molar-refractivity contribution in [2.75, 3.05) is 10.6 Å². The SMILES string of the molecule is O=C(Nc1ccc(N=Nc2ccccc2)c(NC(=O)c2cccc3ccccc23)c1)c1cccc2ccccc12. The third kappa shape index (κ3) is 5.19. The maximum absolute atomic E-state index is 13.5. The molecule has 2 N–H and O–H groups in total. The van der Waals surface area contributed by atoms with Crippen LogP contribution in [0.5, 0.6) is 0 Å². The van der Waals surface area contributed by atoms with Crippen LogP contribution in [0.25, 0.3) is 21.5 Å². The smallest absolute Gasteiger partial charge is 0.256 e. The summed E-state index contributed by atoms with van der Waals surface area (Å²) >= 11 is 0. The summed E-state index contributed by atoms with van der Waals surface area (Å²) in [5.74, 6) is -0.535. The van der Waals surface area contributed by atoms with Crippen LogP contribution in [0.15, 0.2) is 144 Å². The summed E-state index contributed by atoms with van der Waals surface area (Å²) in [5.41, 5.74) is 3.18. The molecule has 0 atom stereocenters. The van der Waals surface area contributed by atoms with Crippen LogP contribution in [0.4, 0.5) is 22.7 Å². The third-order valence-corrected chi connectivity index (χ3v) is 6.60. The van der Waals surface area contributed by atoms with E-state index in [1.807, 2.05) is 103 Å². The average molecular weight is 521 g/mol. The van der Waals surface area contributed by atoms with Gasteiger partial charge in [0, 0.05) is 16.8 Å². The Morgan fingerprint density at radius 2 is 1.05 bits per heavy atom. The number of anilines is 2. The van der Waals surface area contributed by atoms with Gasteiger partial charge in [-0.2, -0.15) is 5.11 Å². The molecule has 6 heteroatoms. The standard InChI is InChI=1S/C34H24N4O2/c39-33(29-18-8-12-23-10-4-6-16-27(23)29)35-26-20-21-31(38-37-25-14-2-1-3-15-25)32(22-26)36-34(40)30-19-9-13-24-11-5-7-17-28(24)30/h1-22H,(H,35,39)(H,36,40). The number of benzene rings is 6. The molecule has 0 saturated heterocycles. The summed E-state index contributed by atoms with van der Waals surface area (Å²) in [5, 5.41) is 18.3. The van der Waals surface area contributed by atoms with Crippen molar-refractivity contribution in [3.05, 3.63) is 145 Å². The second-order valence-corrected chi connectivity index (χ2v) is 9.23. The summed E-state index contributed by atoms with van der Waals surface area (Å²) in [6.07, 6.45) is 0. The highest BCUT2D eigenvalue weighted by Gasteiger charge is 2.15. The highest BCUT2D eigenvalue weighted by atomic mass is 16.2. The van der Waals surface area contributed by atoms with Gasteiger partial charge in [-0.05, 0) is 64.0 Å². The van der Waals surface area contributed by atoms with Gasteiger partial charge in [-0.25, -0.2) is 0 Å². The van der Waals surface area contributed by atoms with Crippen LogP contribution in [0.3, 0.4) is 0 Å². The van der Waals surface area contributed by atoms with Gasteiger partial charge in [0.1, 0.15) is 5.69 Å². The van der Waals surface area contributed by atoms with Crippen LogP contribution in [0.2, 0.25) is 0 Å². The minimum atomic E-state index is -0.287. The Morgan fingerprint density at radius 1 is 0.500 bits per heavy atom. The molecule has 0 aliphatic rings. The van der Waals surface area contributed by atoms with Gasteiger partial charge in [-0.15, -0.1) is 5.11 Å². The quantitative estimate of drug-likeness (QED) is 0.215. The predicted octanol–water partition coefficient (Wildman–Crippen LogP) is 8.91. The van der Waals surface area contributed by atoms with E-state index in [1.54, 1.807) is 30.3 Å². The molecule has 40 heavy (non-hydrogen) atoms. The molecule has 0 aromatic heterocycles. The Balaban J connectivity index is 1.34. The number of carbonyl (C=O) groups excluding carboxylic acids is 2. The molecule has 2 amide bonds. The number of fused-ring (bicyclic) bond motifs is 2. The zero-order valence-corrected chi connectivity index (χ0v) is 21.4. The second kappa shape index (κ2) is 11.0. The predicted molar refractivity (Wildman–Crippen MR) is 161 cm³/mol. The molecule has 6 nitrogen and oxygen atoms in total. The Kier molecular flexibility index (Phi) is 6.80. The molecule has 0 aliphatic heterocycles. The van der Waals surface area contributed by atoms with Gasteiger partial charge in [-0.1, -0.05) is 91.0 Å². The van der Waals surface area contributed by atoms with Gasteiger partial charge in [0.2, 0.25) is 0 Å². The van der Waals surface area contributed by atoms with E-state index in [9.17, 15) is 9.59 Å². The van der Waals surface area contributed by atoms with Crippen LogP contribution in [0, 0.1) is 0 Å². The molecule has 0 heterocycles. The van der Waals surface area contributed by atoms with E-state index in [0.717, 1.165) is 21.5 Å². The number of azo groups is 1. The van der Waals surface area contributed by atoms with Crippen LogP contribution < -0.4 is 10.6 Å². The van der Waals surface area contributed by atoms with Gasteiger partial charge in [0.15, 0.2) is 0 Å². The first-order valence-corrected chi connectivity index (χ1v) is 12.8. The fourth-order valence-electron chi connectivity index (χ4n) is 4.64. The highest BCUT2D eigenvalue weighted by molar-refractivity contribution is 6.15. The average Bonchev–Trinajstić information content (AvgIpc) is 3.00. The molecular weight excluding hydrogens is 496 g/mol. The van der Waals surface area contributed by atoms with Gasteiger partial charge >= 0.3 is 0 Å². The van der Waals surface area contributed by atoms with Crippen LogP contribution in [0.1, 0.15) is 20.7 Å². The largest absolute Gasteiger partial charge is 0.322 e. The molecule has 6 rings (SSSR count). The van der Waals surface area contributed by atoms with E-state index in [4.69, 9.17) is 0 Å². The molecule has 6 aromatic rings. The van der Waals surface area contributed by atoms with Crippen molar-refractivity contribution in [1.82, 2.24) is 0 Å². The molecule has 0 spiro atoms. The number of hydrogen-bond donors (Lipinski definition) is 2. The number of hydrogen-bond acceptors (Lipinski definition) is 4. The number of nitrogens with one attached hydrogen (secondary N) is 2. The maximum atomic E-state index is 13.5. The zero-order valence-electron chi connectivity index (χ0n) is 21.4. The molecule has 192 valence electrons. The Labute approximate surface area is 231 Å². The van der Waals surface area contributed by atoms with Gasteiger partial charge in [-0.3, -0.25) is 9.59 Å². The molecule has 0 radical (unpaired) electrons. The molecule has 6 aromatic carbocycles. The maximum Gasteiger partial charge on any atom is 0.256 e. The summed E-state index contributed by atoms with van der Waals surface area (Å²) in [6, 6.07) is 41.2. The third-order valence-electron chi connectivity index (χ3n) is 6.60. The van der Waals surface area contributed by atoms with Crippen molar-refractivity contribution >= 4 is 56.1 Å². The Hall–Kier alpha value is -5.62. The normalized spacial score (nSPS) is 11.1. The summed E-state index contributed by atoms with van der Waals surface area (Å²) in [6.45, 7) is 0. The molecule has 0 saturated carbocycles. The molecular formula is C34H24N4O2. The van der Waals surface area contributed by atoms with Gasteiger partial charge in [0.25, 0.3) is 11.8 Å². The van der Waals surface area contributed by atoms with E-state index in [0.29, 0.717) is 33.9 Å². The molecule has 0 fully saturated rings. The number of nitrogens with zero attached hydrogens (tertiary/aromatic N) is 2. The first kappa shape index (κ1) is 24.7. The van der Waals surface area contributed by atoms with Crippen molar-refractivity contribution in [3.8, 4) is 0 Å². The fraction of sp³-hybridized carbons (Fsp3) is 0. The van der Waals surface area contributed by atoms with E-state index in [2.05, 4.69) is 20.9 Å². The van der Waals surface area contributed by atoms with Crippen molar-refractivity contribution in [3.63, 3.8) is 0 Å². The van der Waals surface area contributed by atoms with Crippen molar-refractivity contribution in [2.45, 2.75) is 0 Å². The number of amides is 2. The lowest BCUT2D eigenvalue weighted by Crippen LogP contribution is -2.14. The molecule has 0 unspecified atom stereocenters. The van der Waals surface area contributed by atoms with Crippen molar-refractivity contribution in [1.29, 1.82) is 0 Å². The zero-order chi connectivity index (χ0) is 27.3. The van der Waals surface area contributed by atoms with E-state index >= 15 is 0 Å². The Bertz CT molecular complexity index is 1890. The van der Waals surface area contributed by atoms with Crippen LogP contribution in [-0.2, 0) is 0 Å². The number of carbonyl (C=O) groups is 2. The van der Waals surface area contributed by atoms with Crippen LogP contribution >= 0.6 is 0 Å². The first-order valence-electron chi connectivity index (χ1n) is 12.8. The first-order chi connectivity index (χ1) is 19.7. The minimum absolute atomic E-state index is 0.248. The lowest BCUT2D eigenvalue weighted by Gasteiger charge is -2.13. The molecule has 0 bridgehead atoms. The second-order valence-electron chi connectivity index (χ2n) is 9.23. The van der Waals surface area contributed by atoms with Gasteiger partial charge in [0.05, 0.1) is 11.4 Å². The topological polar surface area (TPSA) is 82.9 Å². The summed E-state index contributed by atoms with van der Waals surface area (Å²) in [4.78, 5) is 26.8. The lowest BCUT2D eigenvalue weighted by atomic mass is 10.0. The van der Waals surface area contributed by atoms with Crippen molar-refractivity contribution in [2.24, 2.45) is 10.2 Å². The minimum Gasteiger partial charge on any atom is -0.322 e. The van der Waals surface area contributed by atoms with Gasteiger partial charge < -0.3 is 10.6 Å². The number of rotatable bonds is 6. The molecule has 0 aliphatic carbocycles. The van der Waals surface area contributed by atoms with E-state index < -0.39 is 0 Å².